The third-order valence-corrected chi connectivity index (χ3v) is 3.79. The topological polar surface area (TPSA) is 21.3 Å². The van der Waals surface area contributed by atoms with E-state index in [0.717, 1.165) is 13.0 Å². The van der Waals surface area contributed by atoms with E-state index in [0.29, 0.717) is 24.6 Å². The first-order chi connectivity index (χ1) is 6.68. The van der Waals surface area contributed by atoms with Crippen LogP contribution in [0.3, 0.4) is 0 Å². The highest BCUT2D eigenvalue weighted by Crippen LogP contribution is 2.51. The van der Waals surface area contributed by atoms with Crippen molar-refractivity contribution in [1.82, 2.24) is 5.32 Å². The summed E-state index contributed by atoms with van der Waals surface area (Å²) in [6, 6.07) is 0.448. The summed E-state index contributed by atoms with van der Waals surface area (Å²) in [6.07, 6.45) is 2.79. The van der Waals surface area contributed by atoms with Crippen LogP contribution in [0.15, 0.2) is 0 Å². The lowest BCUT2D eigenvalue weighted by Gasteiger charge is -2.60. The molecule has 1 saturated heterocycles. The van der Waals surface area contributed by atoms with Gasteiger partial charge in [-0.2, -0.15) is 0 Å². The fourth-order valence-corrected chi connectivity index (χ4v) is 3.15. The molecule has 0 radical (unpaired) electrons. The van der Waals surface area contributed by atoms with Crippen LogP contribution in [0.1, 0.15) is 26.7 Å². The van der Waals surface area contributed by atoms with Gasteiger partial charge in [0.2, 0.25) is 0 Å². The van der Waals surface area contributed by atoms with Crippen molar-refractivity contribution in [3.8, 4) is 0 Å². The first-order valence-corrected chi connectivity index (χ1v) is 5.59. The molecule has 3 atom stereocenters. The Kier molecular flexibility index (Phi) is 2.80. The monoisotopic (exact) mass is 201 g/mol. The molecule has 0 aromatic rings. The first kappa shape index (κ1) is 10.4. The minimum absolute atomic E-state index is 0.181. The fourth-order valence-electron chi connectivity index (χ4n) is 3.15. The summed E-state index contributed by atoms with van der Waals surface area (Å²) in [6.45, 7) is 5.55. The highest BCUT2D eigenvalue weighted by atomic mass is 19.1. The molecule has 0 spiro atoms. The van der Waals surface area contributed by atoms with Gasteiger partial charge in [-0.15, -0.1) is 0 Å². The van der Waals surface area contributed by atoms with Crippen LogP contribution in [-0.2, 0) is 4.74 Å². The van der Waals surface area contributed by atoms with Gasteiger partial charge in [0.1, 0.15) is 6.67 Å². The third-order valence-electron chi connectivity index (χ3n) is 3.79. The Labute approximate surface area is 85.2 Å². The average Bonchev–Trinajstić information content (AvgIpc) is 2.18. The Morgan fingerprint density at radius 1 is 1.50 bits per heavy atom. The molecular formula is C11H20FNO. The Bertz CT molecular complexity index is 207. The van der Waals surface area contributed by atoms with E-state index in [1.165, 1.54) is 6.42 Å². The van der Waals surface area contributed by atoms with Crippen molar-refractivity contribution < 1.29 is 9.13 Å². The van der Waals surface area contributed by atoms with Crippen molar-refractivity contribution in [1.29, 1.82) is 0 Å². The zero-order valence-electron chi connectivity index (χ0n) is 9.05. The molecule has 82 valence electrons. The second-order valence-electron chi connectivity index (χ2n) is 5.04. The van der Waals surface area contributed by atoms with E-state index in [2.05, 4.69) is 19.2 Å². The predicted octanol–water partition coefficient (Wildman–Crippen LogP) is 1.75. The maximum Gasteiger partial charge on any atom is 0.102 e. The van der Waals surface area contributed by atoms with Crippen LogP contribution in [-0.4, -0.2) is 32.0 Å². The summed E-state index contributed by atoms with van der Waals surface area (Å²) in [7, 11) is 0. The molecule has 1 aliphatic carbocycles. The molecule has 2 aliphatic rings. The van der Waals surface area contributed by atoms with Gasteiger partial charge in [-0.25, -0.2) is 4.39 Å². The number of hydrogen-bond donors (Lipinski definition) is 1. The normalized spacial score (nSPS) is 40.1. The quantitative estimate of drug-likeness (QED) is 0.751. The molecule has 1 heterocycles. The van der Waals surface area contributed by atoms with E-state index in [4.69, 9.17) is 4.74 Å². The molecule has 0 aromatic carbocycles. The second kappa shape index (κ2) is 3.78. The van der Waals surface area contributed by atoms with Crippen molar-refractivity contribution in [2.24, 2.45) is 11.3 Å². The standard InChI is InChI=1S/C11H20FNO/c1-11(2)9(13-6-5-12)8-4-3-7-14-10(8)11/h8-10,13H,3-7H2,1-2H3. The number of fused-ring (bicyclic) bond motifs is 1. The molecule has 2 rings (SSSR count). The SMILES string of the molecule is CC1(C)C(NCCF)C2CCCOC21. The van der Waals surface area contributed by atoms with E-state index in [1.807, 2.05) is 0 Å². The fraction of sp³-hybridized carbons (Fsp3) is 1.00. The number of nitrogens with one attached hydrogen (secondary N) is 1. The second-order valence-corrected chi connectivity index (χ2v) is 5.04. The lowest BCUT2D eigenvalue weighted by atomic mass is 9.55. The van der Waals surface area contributed by atoms with E-state index >= 15 is 0 Å². The summed E-state index contributed by atoms with van der Waals surface area (Å²) in [5.41, 5.74) is 0.181. The van der Waals surface area contributed by atoms with Gasteiger partial charge in [-0.1, -0.05) is 13.8 Å². The number of alkyl halides is 1. The minimum Gasteiger partial charge on any atom is -0.377 e. The van der Waals surface area contributed by atoms with E-state index in [1.54, 1.807) is 0 Å². The number of rotatable bonds is 3. The molecule has 0 amide bonds. The van der Waals surface area contributed by atoms with Gasteiger partial charge >= 0.3 is 0 Å². The van der Waals surface area contributed by atoms with Crippen LogP contribution in [0.5, 0.6) is 0 Å². The zero-order chi connectivity index (χ0) is 10.2. The maximum atomic E-state index is 12.1. The molecule has 1 aliphatic heterocycles. The third kappa shape index (κ3) is 1.47. The average molecular weight is 201 g/mol. The van der Waals surface area contributed by atoms with Crippen molar-refractivity contribution in [3.05, 3.63) is 0 Å². The van der Waals surface area contributed by atoms with E-state index in [9.17, 15) is 4.39 Å². The Hall–Kier alpha value is -0.150. The van der Waals surface area contributed by atoms with Crippen molar-refractivity contribution in [2.45, 2.75) is 38.8 Å². The van der Waals surface area contributed by atoms with Crippen molar-refractivity contribution in [2.75, 3.05) is 19.8 Å². The summed E-state index contributed by atoms with van der Waals surface area (Å²) < 4.78 is 17.9. The molecule has 1 saturated carbocycles. The van der Waals surface area contributed by atoms with Crippen molar-refractivity contribution >= 4 is 0 Å². The number of hydrogen-bond acceptors (Lipinski definition) is 2. The maximum absolute atomic E-state index is 12.1. The Morgan fingerprint density at radius 2 is 2.29 bits per heavy atom. The Balaban J connectivity index is 1.95. The molecule has 1 N–H and O–H groups in total. The molecule has 2 nitrogen and oxygen atoms in total. The van der Waals surface area contributed by atoms with Gasteiger partial charge in [0, 0.05) is 30.5 Å². The van der Waals surface area contributed by atoms with Crippen LogP contribution in [0.2, 0.25) is 0 Å². The van der Waals surface area contributed by atoms with Gasteiger partial charge in [-0.3, -0.25) is 0 Å². The lowest BCUT2D eigenvalue weighted by Crippen LogP contribution is -2.69. The molecule has 0 aromatic heterocycles. The van der Waals surface area contributed by atoms with E-state index in [-0.39, 0.29) is 12.1 Å². The minimum atomic E-state index is -0.273. The molecule has 14 heavy (non-hydrogen) atoms. The zero-order valence-corrected chi connectivity index (χ0v) is 9.05. The number of ether oxygens (including phenoxy) is 1. The van der Waals surface area contributed by atoms with Crippen LogP contribution < -0.4 is 5.32 Å². The van der Waals surface area contributed by atoms with E-state index < -0.39 is 0 Å². The van der Waals surface area contributed by atoms with Crippen molar-refractivity contribution in [3.63, 3.8) is 0 Å². The van der Waals surface area contributed by atoms with Gasteiger partial charge in [0.05, 0.1) is 6.10 Å². The predicted molar refractivity (Wildman–Crippen MR) is 54.0 cm³/mol. The van der Waals surface area contributed by atoms with Crippen LogP contribution in [0, 0.1) is 11.3 Å². The summed E-state index contributed by atoms with van der Waals surface area (Å²) in [4.78, 5) is 0. The largest absolute Gasteiger partial charge is 0.377 e. The summed E-state index contributed by atoms with van der Waals surface area (Å²) in [5, 5.41) is 3.30. The van der Waals surface area contributed by atoms with Gasteiger partial charge < -0.3 is 10.1 Å². The molecule has 0 bridgehead atoms. The van der Waals surface area contributed by atoms with Gasteiger partial charge in [0.15, 0.2) is 0 Å². The van der Waals surface area contributed by atoms with Crippen LogP contribution >= 0.6 is 0 Å². The lowest BCUT2D eigenvalue weighted by molar-refractivity contribution is -0.192. The van der Waals surface area contributed by atoms with Gasteiger partial charge in [-0.05, 0) is 12.8 Å². The summed E-state index contributed by atoms with van der Waals surface area (Å²) in [5.74, 6) is 0.616. The summed E-state index contributed by atoms with van der Waals surface area (Å²) >= 11 is 0. The molecule has 3 heteroatoms. The highest BCUT2D eigenvalue weighted by molar-refractivity contribution is 5.10. The highest BCUT2D eigenvalue weighted by Gasteiger charge is 2.57. The van der Waals surface area contributed by atoms with Gasteiger partial charge in [0.25, 0.3) is 0 Å². The Morgan fingerprint density at radius 3 is 3.00 bits per heavy atom. The van der Waals surface area contributed by atoms with Crippen LogP contribution in [0.25, 0.3) is 0 Å². The molecular weight excluding hydrogens is 181 g/mol. The molecule has 3 unspecified atom stereocenters. The first-order valence-electron chi connectivity index (χ1n) is 5.59. The molecule has 2 fully saturated rings. The number of halogens is 1. The smallest absolute Gasteiger partial charge is 0.102 e. The van der Waals surface area contributed by atoms with Crippen LogP contribution in [0.4, 0.5) is 4.39 Å².